The predicted molar refractivity (Wildman–Crippen MR) is 115 cm³/mol. The molecule has 3 heterocycles. The Morgan fingerprint density at radius 1 is 1.00 bits per heavy atom. The van der Waals surface area contributed by atoms with Gasteiger partial charge in [-0.2, -0.15) is 0 Å². The molecule has 0 atom stereocenters. The predicted octanol–water partition coefficient (Wildman–Crippen LogP) is 4.16. The number of aryl methyl sites for hydroxylation is 1. The van der Waals surface area contributed by atoms with E-state index in [2.05, 4.69) is 9.97 Å². The van der Waals surface area contributed by atoms with Gasteiger partial charge in [-0.05, 0) is 0 Å². The topological polar surface area (TPSA) is 48.0 Å². The maximum absolute atomic E-state index is 14.2. The molecule has 2 aromatic carbocycles. The Labute approximate surface area is 178 Å². The standard InChI is InChI=1S/C23H18BF2N5/c1-15-28-22(24-31(15)13-16-6-8-18(25)9-7-16)21-14-30-11-10-27-23(30)20(29-21)12-17-4-2-3-5-19(17)26/h2-11,14H,12-13H2,1H3. The summed E-state index contributed by atoms with van der Waals surface area (Å²) in [6.07, 6.45) is 5.74. The van der Waals surface area contributed by atoms with Gasteiger partial charge in [-0.1, -0.05) is 0 Å². The first-order chi connectivity index (χ1) is 15.1. The van der Waals surface area contributed by atoms with Crippen molar-refractivity contribution in [2.75, 3.05) is 0 Å². The molecular weight excluding hydrogens is 395 g/mol. The molecule has 0 spiro atoms. The third kappa shape index (κ3) is 3.88. The maximum atomic E-state index is 14.2. The first kappa shape index (κ1) is 19.3. The second-order valence-corrected chi connectivity index (χ2v) is 7.43. The van der Waals surface area contributed by atoms with Gasteiger partial charge in [0, 0.05) is 0 Å². The van der Waals surface area contributed by atoms with Crippen LogP contribution in [0.15, 0.2) is 67.1 Å². The van der Waals surface area contributed by atoms with Crippen molar-refractivity contribution in [3.63, 3.8) is 0 Å². The van der Waals surface area contributed by atoms with Crippen LogP contribution in [0.1, 0.15) is 22.6 Å². The molecule has 5 nitrogen and oxygen atoms in total. The first-order valence-electron chi connectivity index (χ1n) is 9.91. The SMILES string of the molecule is Cc1nc(-c2cn3ccnc3c(Cc3ccccc3F)n2)bn1Cc1ccc(F)cc1. The quantitative estimate of drug-likeness (QED) is 0.435. The van der Waals surface area contributed by atoms with E-state index in [0.29, 0.717) is 41.2 Å². The van der Waals surface area contributed by atoms with Gasteiger partial charge < -0.3 is 0 Å². The molecule has 0 unspecified atom stereocenters. The van der Waals surface area contributed by atoms with Gasteiger partial charge in [0.25, 0.3) is 0 Å². The molecule has 0 aliphatic heterocycles. The van der Waals surface area contributed by atoms with Gasteiger partial charge in [-0.25, -0.2) is 0 Å². The molecule has 152 valence electrons. The Morgan fingerprint density at radius 2 is 1.81 bits per heavy atom. The van der Waals surface area contributed by atoms with Crippen molar-refractivity contribution >= 4 is 12.7 Å². The van der Waals surface area contributed by atoms with Crippen molar-refractivity contribution < 1.29 is 8.78 Å². The van der Waals surface area contributed by atoms with E-state index in [1.165, 1.54) is 18.2 Å². The summed E-state index contributed by atoms with van der Waals surface area (Å²) in [5.41, 5.74) is 4.30. The molecule has 3 aromatic heterocycles. The Balaban J connectivity index is 1.52. The Kier molecular flexibility index (Phi) is 4.90. The fourth-order valence-electron chi connectivity index (χ4n) is 3.64. The van der Waals surface area contributed by atoms with Crippen molar-refractivity contribution in [1.82, 2.24) is 23.8 Å². The van der Waals surface area contributed by atoms with Crippen LogP contribution in [0.25, 0.3) is 16.9 Å². The normalized spacial score (nSPS) is 11.2. The van der Waals surface area contributed by atoms with Gasteiger partial charge in [0.05, 0.1) is 0 Å². The van der Waals surface area contributed by atoms with Gasteiger partial charge in [0.1, 0.15) is 0 Å². The zero-order chi connectivity index (χ0) is 21.4. The second kappa shape index (κ2) is 7.87. The number of hydrogen-bond acceptors (Lipinski definition) is 3. The van der Waals surface area contributed by atoms with Crippen LogP contribution in [0.2, 0.25) is 0 Å². The minimum atomic E-state index is -0.265. The first-order valence-corrected chi connectivity index (χ1v) is 9.91. The van der Waals surface area contributed by atoms with Crippen LogP contribution in [-0.4, -0.2) is 30.9 Å². The van der Waals surface area contributed by atoms with Gasteiger partial charge in [0.15, 0.2) is 0 Å². The number of benzene rings is 2. The number of nitrogens with zero attached hydrogens (tertiary/aromatic N) is 5. The molecule has 5 aromatic rings. The van der Waals surface area contributed by atoms with Crippen LogP contribution in [0.4, 0.5) is 8.78 Å². The third-order valence-corrected chi connectivity index (χ3v) is 5.26. The molecule has 0 N–H and O–H groups in total. The summed E-state index contributed by atoms with van der Waals surface area (Å²) in [5.74, 6) is 0.299. The molecule has 0 bridgehead atoms. The van der Waals surface area contributed by atoms with Gasteiger partial charge in [0.2, 0.25) is 0 Å². The summed E-state index contributed by atoms with van der Waals surface area (Å²) in [4.78, 5) is 13.8. The van der Waals surface area contributed by atoms with Crippen molar-refractivity contribution in [2.45, 2.75) is 19.9 Å². The van der Waals surface area contributed by atoms with E-state index in [9.17, 15) is 8.78 Å². The summed E-state index contributed by atoms with van der Waals surface area (Å²) in [6.45, 7) is 2.50. The molecule has 0 radical (unpaired) electrons. The fraction of sp³-hybridized carbons (Fsp3) is 0.130. The monoisotopic (exact) mass is 413 g/mol. The van der Waals surface area contributed by atoms with E-state index in [1.54, 1.807) is 30.5 Å². The van der Waals surface area contributed by atoms with Gasteiger partial charge >= 0.3 is 178 Å². The minimum absolute atomic E-state index is 0.257. The van der Waals surface area contributed by atoms with E-state index in [1.807, 2.05) is 41.3 Å². The molecule has 0 saturated heterocycles. The number of fused-ring (bicyclic) bond motifs is 1. The Hall–Kier alpha value is -3.68. The molecule has 0 amide bonds. The van der Waals surface area contributed by atoms with Crippen molar-refractivity contribution in [3.05, 3.63) is 101 Å². The van der Waals surface area contributed by atoms with E-state index >= 15 is 0 Å². The van der Waals surface area contributed by atoms with Crippen LogP contribution < -0.4 is 0 Å². The van der Waals surface area contributed by atoms with Crippen LogP contribution in [0.5, 0.6) is 0 Å². The average Bonchev–Trinajstić information content (AvgIpc) is 3.38. The molecule has 31 heavy (non-hydrogen) atoms. The van der Waals surface area contributed by atoms with E-state index in [0.717, 1.165) is 11.4 Å². The molecular formula is C23H18BF2N5. The number of halogens is 2. The summed E-state index contributed by atoms with van der Waals surface area (Å²) in [7, 11) is 1.93. The molecule has 0 aliphatic rings. The van der Waals surface area contributed by atoms with Crippen LogP contribution in [0.3, 0.4) is 0 Å². The van der Waals surface area contributed by atoms with E-state index in [-0.39, 0.29) is 11.6 Å². The number of rotatable bonds is 5. The number of hydrogen-bond donors (Lipinski definition) is 0. The van der Waals surface area contributed by atoms with E-state index < -0.39 is 0 Å². The third-order valence-electron chi connectivity index (χ3n) is 5.26. The Bertz CT molecular complexity index is 1370. The molecule has 8 heteroatoms. The zero-order valence-electron chi connectivity index (χ0n) is 16.8. The average molecular weight is 413 g/mol. The second-order valence-electron chi connectivity index (χ2n) is 7.43. The Morgan fingerprint density at radius 3 is 2.61 bits per heavy atom. The fourth-order valence-corrected chi connectivity index (χ4v) is 3.64. The van der Waals surface area contributed by atoms with E-state index in [4.69, 9.17) is 4.98 Å². The zero-order valence-corrected chi connectivity index (χ0v) is 16.8. The molecule has 0 saturated carbocycles. The summed E-state index contributed by atoms with van der Waals surface area (Å²) in [6, 6.07) is 13.1. The molecule has 0 fully saturated rings. The number of aromatic nitrogens is 5. The van der Waals surface area contributed by atoms with Gasteiger partial charge in [-0.3, -0.25) is 0 Å². The molecule has 5 rings (SSSR count). The van der Waals surface area contributed by atoms with Gasteiger partial charge in [-0.15, -0.1) is 0 Å². The van der Waals surface area contributed by atoms with Crippen molar-refractivity contribution in [2.24, 2.45) is 0 Å². The number of imidazole rings is 1. The van der Waals surface area contributed by atoms with Crippen LogP contribution >= 0.6 is 0 Å². The van der Waals surface area contributed by atoms with Crippen molar-refractivity contribution in [1.29, 1.82) is 0 Å². The summed E-state index contributed by atoms with van der Waals surface area (Å²) < 4.78 is 31.3. The van der Waals surface area contributed by atoms with Crippen LogP contribution in [0, 0.1) is 18.6 Å². The van der Waals surface area contributed by atoms with Crippen molar-refractivity contribution in [3.8, 4) is 11.3 Å². The molecule has 0 aliphatic carbocycles. The van der Waals surface area contributed by atoms with Crippen LogP contribution in [-0.2, 0) is 13.0 Å². The summed E-state index contributed by atoms with van der Waals surface area (Å²) >= 11 is 0. The summed E-state index contributed by atoms with van der Waals surface area (Å²) in [5, 5.41) is 0.